The van der Waals surface area contributed by atoms with Crippen LogP contribution in [0.25, 0.3) is 11.0 Å². The second-order valence-corrected chi connectivity index (χ2v) is 6.29. The van der Waals surface area contributed by atoms with Gasteiger partial charge < -0.3 is 10.6 Å². The van der Waals surface area contributed by atoms with Gasteiger partial charge in [-0.1, -0.05) is 6.07 Å². The number of rotatable bonds is 4. The average molecular weight is 384 g/mol. The molecule has 3 aromatic rings. The monoisotopic (exact) mass is 384 g/mol. The fourth-order valence-electron chi connectivity index (χ4n) is 2.72. The van der Waals surface area contributed by atoms with Crippen molar-refractivity contribution in [2.45, 2.75) is 19.9 Å². The van der Waals surface area contributed by atoms with E-state index >= 15 is 0 Å². The summed E-state index contributed by atoms with van der Waals surface area (Å²) in [5.41, 5.74) is 3.11. The molecule has 1 unspecified atom stereocenters. The van der Waals surface area contributed by atoms with Gasteiger partial charge in [0.1, 0.15) is 6.04 Å². The molecule has 0 aliphatic carbocycles. The van der Waals surface area contributed by atoms with Gasteiger partial charge in [-0.3, -0.25) is 9.59 Å². The summed E-state index contributed by atoms with van der Waals surface area (Å²) in [5, 5.41) is 4.95. The average Bonchev–Trinajstić information content (AvgIpc) is 2.68. The lowest BCUT2D eigenvalue weighted by atomic mass is 10.0. The zero-order chi connectivity index (χ0) is 20.4. The van der Waals surface area contributed by atoms with Gasteiger partial charge in [-0.15, -0.1) is 0 Å². The van der Waals surface area contributed by atoms with Crippen LogP contribution < -0.4 is 10.6 Å². The van der Waals surface area contributed by atoms with Crippen LogP contribution in [0.3, 0.4) is 0 Å². The largest absolute Gasteiger partial charge is 0.357 e. The molecule has 1 aromatic heterocycles. The molecule has 0 saturated heterocycles. The third kappa shape index (κ3) is 3.80. The Morgan fingerprint density at radius 2 is 1.61 bits per heavy atom. The SMILES string of the molecule is CNC(=O)C(NC(=O)c1ccc2nc(C)c(C)nc2c1)c1ccc(F)c(F)c1. The van der Waals surface area contributed by atoms with Crippen molar-refractivity contribution in [3.63, 3.8) is 0 Å². The Bertz CT molecular complexity index is 1090. The number of benzene rings is 2. The molecule has 6 nitrogen and oxygen atoms in total. The molecular weight excluding hydrogens is 366 g/mol. The normalized spacial score (nSPS) is 11.9. The standard InChI is InChI=1S/C20H18F2N4O2/c1-10-11(2)25-17-9-13(5-7-16(17)24-10)19(27)26-18(20(28)23-3)12-4-6-14(21)15(22)8-12/h4-9,18H,1-3H3,(H,23,28)(H,26,27). The van der Waals surface area contributed by atoms with Gasteiger partial charge in [0.2, 0.25) is 5.91 Å². The molecule has 1 heterocycles. The molecular formula is C20H18F2N4O2. The van der Waals surface area contributed by atoms with Gasteiger partial charge in [-0.2, -0.15) is 0 Å². The van der Waals surface area contributed by atoms with Crippen molar-refractivity contribution in [1.82, 2.24) is 20.6 Å². The Kier molecular flexibility index (Phi) is 5.30. The molecule has 28 heavy (non-hydrogen) atoms. The molecule has 2 amide bonds. The van der Waals surface area contributed by atoms with E-state index in [1.54, 1.807) is 18.2 Å². The van der Waals surface area contributed by atoms with E-state index < -0.39 is 29.5 Å². The predicted molar refractivity (Wildman–Crippen MR) is 99.6 cm³/mol. The molecule has 0 bridgehead atoms. The maximum absolute atomic E-state index is 13.6. The van der Waals surface area contributed by atoms with Crippen LogP contribution in [0.4, 0.5) is 8.78 Å². The van der Waals surface area contributed by atoms with Crippen molar-refractivity contribution in [2.24, 2.45) is 0 Å². The number of hydrogen-bond acceptors (Lipinski definition) is 4. The van der Waals surface area contributed by atoms with Crippen LogP contribution in [0.2, 0.25) is 0 Å². The number of aryl methyl sites for hydroxylation is 2. The van der Waals surface area contributed by atoms with E-state index in [0.29, 0.717) is 11.0 Å². The minimum absolute atomic E-state index is 0.124. The second kappa shape index (κ2) is 7.67. The molecule has 144 valence electrons. The first-order valence-electron chi connectivity index (χ1n) is 8.52. The number of halogens is 2. The highest BCUT2D eigenvalue weighted by Crippen LogP contribution is 2.19. The van der Waals surface area contributed by atoms with Gasteiger partial charge in [0.15, 0.2) is 11.6 Å². The minimum Gasteiger partial charge on any atom is -0.357 e. The quantitative estimate of drug-likeness (QED) is 0.725. The van der Waals surface area contributed by atoms with Crippen LogP contribution in [0.5, 0.6) is 0 Å². The first-order valence-corrected chi connectivity index (χ1v) is 8.52. The van der Waals surface area contributed by atoms with E-state index in [9.17, 15) is 18.4 Å². The third-order valence-electron chi connectivity index (χ3n) is 4.40. The summed E-state index contributed by atoms with van der Waals surface area (Å²) in [6, 6.07) is 6.64. The van der Waals surface area contributed by atoms with Crippen LogP contribution in [-0.4, -0.2) is 28.8 Å². The lowest BCUT2D eigenvalue weighted by molar-refractivity contribution is -0.122. The van der Waals surface area contributed by atoms with E-state index in [1.165, 1.54) is 13.1 Å². The lowest BCUT2D eigenvalue weighted by Gasteiger charge is -2.18. The zero-order valence-corrected chi connectivity index (χ0v) is 15.5. The van der Waals surface area contributed by atoms with Crippen molar-refractivity contribution >= 4 is 22.8 Å². The summed E-state index contributed by atoms with van der Waals surface area (Å²) in [6.45, 7) is 3.66. The van der Waals surface area contributed by atoms with Gasteiger partial charge >= 0.3 is 0 Å². The van der Waals surface area contributed by atoms with Crippen LogP contribution in [0.1, 0.15) is 33.4 Å². The summed E-state index contributed by atoms with van der Waals surface area (Å²) in [6.07, 6.45) is 0. The topological polar surface area (TPSA) is 84.0 Å². The van der Waals surface area contributed by atoms with Crippen LogP contribution >= 0.6 is 0 Å². The van der Waals surface area contributed by atoms with Crippen molar-refractivity contribution in [1.29, 1.82) is 0 Å². The molecule has 0 saturated carbocycles. The number of nitrogens with zero attached hydrogens (tertiary/aromatic N) is 2. The number of nitrogens with one attached hydrogen (secondary N) is 2. The Hall–Kier alpha value is -3.42. The van der Waals surface area contributed by atoms with Crippen LogP contribution in [0, 0.1) is 25.5 Å². The number of carbonyl (C=O) groups is 2. The highest BCUT2D eigenvalue weighted by molar-refractivity contribution is 6.00. The predicted octanol–water partition coefficient (Wildman–Crippen LogP) is 2.74. The Morgan fingerprint density at radius 1 is 0.929 bits per heavy atom. The number of fused-ring (bicyclic) bond motifs is 1. The summed E-state index contributed by atoms with van der Waals surface area (Å²) in [4.78, 5) is 33.7. The molecule has 2 aromatic carbocycles. The summed E-state index contributed by atoms with van der Waals surface area (Å²) in [7, 11) is 1.39. The first-order chi connectivity index (χ1) is 13.3. The number of amides is 2. The second-order valence-electron chi connectivity index (χ2n) is 6.29. The summed E-state index contributed by atoms with van der Waals surface area (Å²) in [5.74, 6) is -3.26. The Labute approximate surface area is 160 Å². The summed E-state index contributed by atoms with van der Waals surface area (Å²) < 4.78 is 26.8. The van der Waals surface area contributed by atoms with Crippen molar-refractivity contribution < 1.29 is 18.4 Å². The van der Waals surface area contributed by atoms with Crippen molar-refractivity contribution in [3.05, 3.63) is 70.5 Å². The number of aromatic nitrogens is 2. The van der Waals surface area contributed by atoms with E-state index in [1.807, 2.05) is 13.8 Å². The van der Waals surface area contributed by atoms with Gasteiger partial charge in [0, 0.05) is 12.6 Å². The molecule has 8 heteroatoms. The fourth-order valence-corrected chi connectivity index (χ4v) is 2.72. The minimum atomic E-state index is -1.19. The number of hydrogen-bond donors (Lipinski definition) is 2. The van der Waals surface area contributed by atoms with E-state index in [0.717, 1.165) is 23.5 Å². The Balaban J connectivity index is 1.93. The highest BCUT2D eigenvalue weighted by atomic mass is 19.2. The van der Waals surface area contributed by atoms with Crippen molar-refractivity contribution in [3.8, 4) is 0 Å². The first kappa shape index (κ1) is 19.3. The maximum atomic E-state index is 13.6. The molecule has 0 fully saturated rings. The number of carbonyl (C=O) groups excluding carboxylic acids is 2. The number of likely N-dealkylation sites (N-methyl/N-ethyl adjacent to an activating group) is 1. The van der Waals surface area contributed by atoms with E-state index in [2.05, 4.69) is 20.6 Å². The lowest BCUT2D eigenvalue weighted by Crippen LogP contribution is -2.39. The van der Waals surface area contributed by atoms with Crippen LogP contribution in [0.15, 0.2) is 36.4 Å². The molecule has 2 N–H and O–H groups in total. The molecule has 3 rings (SSSR count). The van der Waals surface area contributed by atoms with Crippen molar-refractivity contribution in [2.75, 3.05) is 7.05 Å². The Morgan fingerprint density at radius 3 is 2.25 bits per heavy atom. The van der Waals surface area contributed by atoms with Gasteiger partial charge in [-0.05, 0) is 49.7 Å². The highest BCUT2D eigenvalue weighted by Gasteiger charge is 2.24. The van der Waals surface area contributed by atoms with Gasteiger partial charge in [-0.25, -0.2) is 18.7 Å². The zero-order valence-electron chi connectivity index (χ0n) is 15.5. The molecule has 0 aliphatic heterocycles. The summed E-state index contributed by atoms with van der Waals surface area (Å²) >= 11 is 0. The van der Waals surface area contributed by atoms with Crippen LogP contribution in [-0.2, 0) is 4.79 Å². The van der Waals surface area contributed by atoms with Gasteiger partial charge in [0.25, 0.3) is 5.91 Å². The molecule has 1 atom stereocenters. The van der Waals surface area contributed by atoms with Gasteiger partial charge in [0.05, 0.1) is 22.4 Å². The molecule has 0 aliphatic rings. The fraction of sp³-hybridized carbons (Fsp3) is 0.200. The molecule has 0 radical (unpaired) electrons. The maximum Gasteiger partial charge on any atom is 0.252 e. The van der Waals surface area contributed by atoms with E-state index in [-0.39, 0.29) is 11.1 Å². The molecule has 0 spiro atoms. The smallest absolute Gasteiger partial charge is 0.252 e. The van der Waals surface area contributed by atoms with E-state index in [4.69, 9.17) is 0 Å². The third-order valence-corrected chi connectivity index (χ3v) is 4.40.